The summed E-state index contributed by atoms with van der Waals surface area (Å²) in [4.78, 5) is 0. The topological polar surface area (TPSA) is 81.4 Å². The lowest BCUT2D eigenvalue weighted by atomic mass is 10.1. The Morgan fingerprint density at radius 3 is 2.43 bits per heavy atom. The predicted molar refractivity (Wildman–Crippen MR) is 81.8 cm³/mol. The monoisotopic (exact) mass is 310 g/mol. The van der Waals surface area contributed by atoms with Gasteiger partial charge in [-0.25, -0.2) is 8.42 Å². The SMILES string of the molecule is CC(C)(O)CN(Cc1ccccc1)S(=O)(=O)CCCC#N. The summed E-state index contributed by atoms with van der Waals surface area (Å²) >= 11 is 0. The summed E-state index contributed by atoms with van der Waals surface area (Å²) in [7, 11) is -3.50. The lowest BCUT2D eigenvalue weighted by Gasteiger charge is -2.28. The van der Waals surface area contributed by atoms with Gasteiger partial charge < -0.3 is 5.11 Å². The summed E-state index contributed by atoms with van der Waals surface area (Å²) in [6.45, 7) is 3.40. The second-order valence-electron chi connectivity index (χ2n) is 5.64. The van der Waals surface area contributed by atoms with E-state index < -0.39 is 15.6 Å². The molecule has 1 aromatic rings. The Kier molecular flexibility index (Phi) is 6.34. The Morgan fingerprint density at radius 1 is 1.29 bits per heavy atom. The molecule has 0 saturated carbocycles. The fourth-order valence-electron chi connectivity index (χ4n) is 1.93. The molecule has 0 aromatic heterocycles. The zero-order chi connectivity index (χ0) is 15.9. The van der Waals surface area contributed by atoms with Gasteiger partial charge in [-0.05, 0) is 25.8 Å². The molecule has 5 nitrogen and oxygen atoms in total. The molecule has 0 aliphatic rings. The van der Waals surface area contributed by atoms with Gasteiger partial charge in [-0.3, -0.25) is 0 Å². The highest BCUT2D eigenvalue weighted by molar-refractivity contribution is 7.89. The number of benzene rings is 1. The van der Waals surface area contributed by atoms with Crippen molar-refractivity contribution in [1.82, 2.24) is 4.31 Å². The van der Waals surface area contributed by atoms with E-state index in [4.69, 9.17) is 5.26 Å². The number of nitrogens with zero attached hydrogens (tertiary/aromatic N) is 2. The minimum absolute atomic E-state index is 0.0246. The number of unbranched alkanes of at least 4 members (excludes halogenated alkanes) is 1. The Morgan fingerprint density at radius 2 is 1.90 bits per heavy atom. The molecule has 0 saturated heterocycles. The fraction of sp³-hybridized carbons (Fsp3) is 0.533. The van der Waals surface area contributed by atoms with Crippen LogP contribution in [-0.4, -0.2) is 35.7 Å². The maximum absolute atomic E-state index is 12.4. The van der Waals surface area contributed by atoms with Crippen molar-refractivity contribution in [1.29, 1.82) is 5.26 Å². The molecule has 0 radical (unpaired) electrons. The first-order valence-corrected chi connectivity index (χ1v) is 8.46. The number of aliphatic hydroxyl groups is 1. The molecule has 116 valence electrons. The second kappa shape index (κ2) is 7.55. The van der Waals surface area contributed by atoms with Gasteiger partial charge >= 0.3 is 0 Å². The van der Waals surface area contributed by atoms with E-state index in [0.29, 0.717) is 6.42 Å². The number of hydrogen-bond donors (Lipinski definition) is 1. The quantitative estimate of drug-likeness (QED) is 0.743. The van der Waals surface area contributed by atoms with Crippen LogP contribution in [-0.2, 0) is 16.6 Å². The van der Waals surface area contributed by atoms with Crippen molar-refractivity contribution >= 4 is 10.0 Å². The highest BCUT2D eigenvalue weighted by Crippen LogP contribution is 2.15. The molecule has 0 atom stereocenters. The third-order valence-corrected chi connectivity index (χ3v) is 4.70. The molecule has 0 fully saturated rings. The smallest absolute Gasteiger partial charge is 0.214 e. The molecule has 0 heterocycles. The van der Waals surface area contributed by atoms with Crippen LogP contribution in [0.15, 0.2) is 30.3 Å². The molecule has 0 spiro atoms. The lowest BCUT2D eigenvalue weighted by Crippen LogP contribution is -2.42. The van der Waals surface area contributed by atoms with E-state index in [1.807, 2.05) is 36.4 Å². The van der Waals surface area contributed by atoms with Crippen molar-refractivity contribution in [2.75, 3.05) is 12.3 Å². The van der Waals surface area contributed by atoms with Crippen LogP contribution in [0.25, 0.3) is 0 Å². The molecule has 0 bridgehead atoms. The van der Waals surface area contributed by atoms with Crippen LogP contribution in [0.2, 0.25) is 0 Å². The van der Waals surface area contributed by atoms with Crippen LogP contribution in [0.5, 0.6) is 0 Å². The molecule has 1 N–H and O–H groups in total. The molecular weight excluding hydrogens is 288 g/mol. The third kappa shape index (κ3) is 6.71. The van der Waals surface area contributed by atoms with E-state index in [0.717, 1.165) is 5.56 Å². The summed E-state index contributed by atoms with van der Waals surface area (Å²) in [5, 5.41) is 18.5. The molecule has 0 unspecified atom stereocenters. The van der Waals surface area contributed by atoms with Crippen molar-refractivity contribution < 1.29 is 13.5 Å². The van der Waals surface area contributed by atoms with E-state index in [2.05, 4.69) is 0 Å². The molecular formula is C15H22N2O3S. The summed E-state index contributed by atoms with van der Waals surface area (Å²) in [6, 6.07) is 11.2. The Labute approximate surface area is 126 Å². The zero-order valence-corrected chi connectivity index (χ0v) is 13.3. The van der Waals surface area contributed by atoms with Crippen molar-refractivity contribution in [3.63, 3.8) is 0 Å². The van der Waals surface area contributed by atoms with E-state index in [-0.39, 0.29) is 25.3 Å². The summed E-state index contributed by atoms with van der Waals surface area (Å²) in [5.74, 6) is -0.0799. The van der Waals surface area contributed by atoms with Gasteiger partial charge in [0.15, 0.2) is 0 Å². The predicted octanol–water partition coefficient (Wildman–Crippen LogP) is 1.89. The zero-order valence-electron chi connectivity index (χ0n) is 12.5. The van der Waals surface area contributed by atoms with Gasteiger partial charge in [-0.2, -0.15) is 9.57 Å². The molecule has 1 aromatic carbocycles. The second-order valence-corrected chi connectivity index (χ2v) is 7.73. The summed E-state index contributed by atoms with van der Waals surface area (Å²) in [6.07, 6.45) is 0.511. The maximum Gasteiger partial charge on any atom is 0.214 e. The first-order chi connectivity index (χ1) is 9.74. The minimum Gasteiger partial charge on any atom is -0.389 e. The first kappa shape index (κ1) is 17.6. The summed E-state index contributed by atoms with van der Waals surface area (Å²) < 4.78 is 26.1. The average molecular weight is 310 g/mol. The van der Waals surface area contributed by atoms with E-state index in [1.165, 1.54) is 4.31 Å². The van der Waals surface area contributed by atoms with E-state index >= 15 is 0 Å². The van der Waals surface area contributed by atoms with Crippen molar-refractivity contribution in [3.05, 3.63) is 35.9 Å². The highest BCUT2D eigenvalue weighted by atomic mass is 32.2. The molecule has 21 heavy (non-hydrogen) atoms. The Hall–Kier alpha value is -1.42. The van der Waals surface area contributed by atoms with E-state index in [1.54, 1.807) is 13.8 Å². The third-order valence-electron chi connectivity index (χ3n) is 2.85. The van der Waals surface area contributed by atoms with Crippen molar-refractivity contribution in [3.8, 4) is 6.07 Å². The van der Waals surface area contributed by atoms with Crippen molar-refractivity contribution in [2.24, 2.45) is 0 Å². The largest absolute Gasteiger partial charge is 0.389 e. The number of hydrogen-bond acceptors (Lipinski definition) is 4. The molecule has 0 aliphatic carbocycles. The van der Waals surface area contributed by atoms with Gasteiger partial charge in [0, 0.05) is 19.5 Å². The number of sulfonamides is 1. The van der Waals surface area contributed by atoms with Gasteiger partial charge in [0.05, 0.1) is 17.4 Å². The van der Waals surface area contributed by atoms with Crippen molar-refractivity contribution in [2.45, 2.75) is 38.8 Å². The van der Waals surface area contributed by atoms with E-state index in [9.17, 15) is 13.5 Å². The standard InChI is InChI=1S/C15H22N2O3S/c1-15(2,18)13-17(12-14-8-4-3-5-9-14)21(19,20)11-7-6-10-16/h3-5,8-9,18H,6-7,11-13H2,1-2H3. The minimum atomic E-state index is -3.50. The van der Waals surface area contributed by atoms with Gasteiger partial charge in [0.1, 0.15) is 0 Å². The molecule has 6 heteroatoms. The van der Waals surface area contributed by atoms with Crippen LogP contribution < -0.4 is 0 Å². The van der Waals surface area contributed by atoms with Crippen LogP contribution in [0.1, 0.15) is 32.3 Å². The maximum atomic E-state index is 12.4. The molecule has 1 rings (SSSR count). The number of nitriles is 1. The lowest BCUT2D eigenvalue weighted by molar-refractivity contribution is 0.0577. The van der Waals surface area contributed by atoms with Gasteiger partial charge in [0.2, 0.25) is 10.0 Å². The van der Waals surface area contributed by atoms with Crippen LogP contribution in [0, 0.1) is 11.3 Å². The normalized spacial score (nSPS) is 12.3. The fourth-order valence-corrected chi connectivity index (χ4v) is 3.56. The molecule has 0 amide bonds. The van der Waals surface area contributed by atoms with Gasteiger partial charge in [-0.1, -0.05) is 30.3 Å². The Bertz CT molecular complexity index is 571. The van der Waals surface area contributed by atoms with Crippen LogP contribution >= 0.6 is 0 Å². The van der Waals surface area contributed by atoms with Gasteiger partial charge in [-0.15, -0.1) is 0 Å². The van der Waals surface area contributed by atoms with Crippen LogP contribution in [0.3, 0.4) is 0 Å². The highest BCUT2D eigenvalue weighted by Gasteiger charge is 2.27. The summed E-state index contributed by atoms with van der Waals surface area (Å²) in [5.41, 5.74) is -0.248. The van der Waals surface area contributed by atoms with Gasteiger partial charge in [0.25, 0.3) is 0 Å². The molecule has 0 aliphatic heterocycles. The average Bonchev–Trinajstić information content (AvgIpc) is 2.38. The number of rotatable bonds is 8. The Balaban J connectivity index is 2.89. The van der Waals surface area contributed by atoms with Crippen LogP contribution in [0.4, 0.5) is 0 Å². The first-order valence-electron chi connectivity index (χ1n) is 6.86.